The van der Waals surface area contributed by atoms with Crippen LogP contribution in [0.5, 0.6) is 0 Å². The van der Waals surface area contributed by atoms with Gasteiger partial charge in [0.05, 0.1) is 0 Å². The van der Waals surface area contributed by atoms with Crippen LogP contribution in [0.15, 0.2) is 0 Å². The lowest BCUT2D eigenvalue weighted by Gasteiger charge is -2.68. The van der Waals surface area contributed by atoms with Gasteiger partial charge in [-0.3, -0.25) is 0 Å². The molecule has 0 amide bonds. The first kappa shape index (κ1) is 15.1. The van der Waals surface area contributed by atoms with E-state index in [0.29, 0.717) is 16.7 Å². The van der Waals surface area contributed by atoms with Gasteiger partial charge >= 0.3 is 0 Å². The maximum atomic E-state index is 10.8. The van der Waals surface area contributed by atoms with Crippen LogP contribution < -0.4 is 5.73 Å². The molecule has 0 radical (unpaired) electrons. The van der Waals surface area contributed by atoms with Gasteiger partial charge in [-0.25, -0.2) is 0 Å². The summed E-state index contributed by atoms with van der Waals surface area (Å²) in [7, 11) is 0. The number of hydrogen-bond donors (Lipinski definition) is 1. The second kappa shape index (κ2) is 4.83. The van der Waals surface area contributed by atoms with Gasteiger partial charge in [0, 0.05) is 0 Å². The van der Waals surface area contributed by atoms with Crippen LogP contribution in [0.25, 0.3) is 0 Å². The second-order valence-corrected chi connectivity index (χ2v) is 8.23. The third-order valence-corrected chi connectivity index (χ3v) is 6.87. The molecule has 4 saturated carbocycles. The van der Waals surface area contributed by atoms with E-state index in [0.717, 1.165) is 32.2 Å². The van der Waals surface area contributed by atoms with E-state index in [-0.39, 0.29) is 11.5 Å². The van der Waals surface area contributed by atoms with E-state index in [1.165, 1.54) is 25.7 Å². The predicted molar refractivity (Wildman–Crippen MR) is 80.0 cm³/mol. The first-order valence-electron chi connectivity index (χ1n) is 8.38. The van der Waals surface area contributed by atoms with Gasteiger partial charge < -0.3 is 10.6 Å². The molecule has 2 N–H and O–H groups in total. The van der Waals surface area contributed by atoms with Crippen LogP contribution in [0.3, 0.4) is 0 Å². The first-order chi connectivity index (χ1) is 9.87. The molecular formula is C16H28N2O3. The molecule has 0 spiro atoms. The Morgan fingerprint density at radius 3 is 2.57 bits per heavy atom. The Bertz CT molecular complexity index is 443. The van der Waals surface area contributed by atoms with E-state index in [1.54, 1.807) is 0 Å². The molecule has 5 unspecified atom stereocenters. The summed E-state index contributed by atoms with van der Waals surface area (Å²) < 4.78 is 0. The molecule has 0 saturated heterocycles. The monoisotopic (exact) mass is 296 g/mol. The molecule has 0 aromatic heterocycles. The van der Waals surface area contributed by atoms with Crippen molar-refractivity contribution in [2.75, 3.05) is 6.54 Å². The van der Waals surface area contributed by atoms with Crippen molar-refractivity contribution in [2.45, 2.75) is 71.3 Å². The van der Waals surface area contributed by atoms with Gasteiger partial charge in [-0.1, -0.05) is 13.3 Å². The van der Waals surface area contributed by atoms with E-state index in [4.69, 9.17) is 10.6 Å². The summed E-state index contributed by atoms with van der Waals surface area (Å²) in [6, 6.07) is 0. The Morgan fingerprint density at radius 2 is 1.95 bits per heavy atom. The summed E-state index contributed by atoms with van der Waals surface area (Å²) in [4.78, 5) is 15.9. The molecule has 0 aromatic carbocycles. The minimum atomic E-state index is -0.600. The zero-order valence-electron chi connectivity index (χ0n) is 13.3. The lowest BCUT2D eigenvalue weighted by atomic mass is 9.37. The van der Waals surface area contributed by atoms with Gasteiger partial charge in [-0.05, 0) is 80.6 Å². The molecule has 5 atom stereocenters. The summed E-state index contributed by atoms with van der Waals surface area (Å²) in [5.74, 6) is 0.713. The third-order valence-electron chi connectivity index (χ3n) is 6.87. The third kappa shape index (κ3) is 2.33. The van der Waals surface area contributed by atoms with Crippen LogP contribution in [0.4, 0.5) is 0 Å². The smallest absolute Gasteiger partial charge is 0.294 e. The number of rotatable bonds is 6. The van der Waals surface area contributed by atoms with Crippen LogP contribution in [0, 0.1) is 32.3 Å². The van der Waals surface area contributed by atoms with Crippen LogP contribution in [-0.2, 0) is 4.84 Å². The van der Waals surface area contributed by atoms with Gasteiger partial charge in [-0.15, -0.1) is 10.1 Å². The zero-order chi connectivity index (χ0) is 15.3. The SMILES string of the molecule is CCC12CC3CC(CCN)(C1)CC(C(C)O[N+](=O)[O-])(C3)C2. The Balaban J connectivity index is 1.93. The number of nitrogens with zero attached hydrogens (tertiary/aromatic N) is 1. The fourth-order valence-corrected chi connectivity index (χ4v) is 6.60. The lowest BCUT2D eigenvalue weighted by Crippen LogP contribution is -2.60. The van der Waals surface area contributed by atoms with E-state index < -0.39 is 5.09 Å². The molecule has 21 heavy (non-hydrogen) atoms. The van der Waals surface area contributed by atoms with Gasteiger partial charge in [-0.2, -0.15) is 0 Å². The Morgan fingerprint density at radius 1 is 1.29 bits per heavy atom. The molecule has 4 bridgehead atoms. The standard InChI is InChI=1S/C16H28N2O3/c1-3-14-6-13-7-15(9-14,4-5-17)11-16(8-13,10-14)12(2)21-18(19)20/h12-13H,3-11,17H2,1-2H3. The predicted octanol–water partition coefficient (Wildman–Crippen LogP) is 3.30. The molecule has 4 aliphatic rings. The Hall–Kier alpha value is -0.840. The highest BCUT2D eigenvalue weighted by Gasteiger charge is 2.64. The average Bonchev–Trinajstić information content (AvgIpc) is 2.36. The van der Waals surface area contributed by atoms with Crippen molar-refractivity contribution in [3.8, 4) is 0 Å². The summed E-state index contributed by atoms with van der Waals surface area (Å²) in [6.45, 7) is 4.93. The van der Waals surface area contributed by atoms with Gasteiger partial charge in [0.1, 0.15) is 6.10 Å². The molecule has 4 rings (SSSR count). The Labute approximate surface area is 126 Å². The van der Waals surface area contributed by atoms with Crippen molar-refractivity contribution in [1.82, 2.24) is 0 Å². The van der Waals surface area contributed by atoms with Crippen molar-refractivity contribution >= 4 is 0 Å². The number of hydrogen-bond acceptors (Lipinski definition) is 4. The van der Waals surface area contributed by atoms with Gasteiger partial charge in [0.15, 0.2) is 0 Å². The molecule has 4 aliphatic carbocycles. The highest BCUT2D eigenvalue weighted by molar-refractivity contribution is 5.13. The lowest BCUT2D eigenvalue weighted by molar-refractivity contribution is -0.772. The van der Waals surface area contributed by atoms with Gasteiger partial charge in [0.2, 0.25) is 0 Å². The number of nitrogens with two attached hydrogens (primary N) is 1. The van der Waals surface area contributed by atoms with E-state index in [1.807, 2.05) is 6.92 Å². The quantitative estimate of drug-likeness (QED) is 0.602. The molecule has 0 aromatic rings. The zero-order valence-corrected chi connectivity index (χ0v) is 13.3. The van der Waals surface area contributed by atoms with Crippen molar-refractivity contribution < 1.29 is 9.92 Å². The topological polar surface area (TPSA) is 78.4 Å². The van der Waals surface area contributed by atoms with Crippen molar-refractivity contribution in [3.63, 3.8) is 0 Å². The minimum absolute atomic E-state index is 0.00231. The molecule has 120 valence electrons. The molecule has 0 heterocycles. The van der Waals surface area contributed by atoms with Gasteiger partial charge in [0.25, 0.3) is 5.09 Å². The average molecular weight is 296 g/mol. The molecule has 5 heteroatoms. The summed E-state index contributed by atoms with van der Waals surface area (Å²) in [6.07, 6.45) is 9.10. The van der Waals surface area contributed by atoms with E-state index >= 15 is 0 Å². The normalized spacial score (nSPS) is 45.6. The summed E-state index contributed by atoms with van der Waals surface area (Å²) in [5.41, 5.74) is 6.59. The van der Waals surface area contributed by atoms with Crippen LogP contribution in [0.2, 0.25) is 0 Å². The van der Waals surface area contributed by atoms with Crippen LogP contribution in [-0.4, -0.2) is 17.7 Å². The highest BCUT2D eigenvalue weighted by Crippen LogP contribution is 2.72. The van der Waals surface area contributed by atoms with Crippen molar-refractivity contribution in [3.05, 3.63) is 10.1 Å². The van der Waals surface area contributed by atoms with Crippen molar-refractivity contribution in [1.29, 1.82) is 0 Å². The largest absolute Gasteiger partial charge is 0.330 e. The van der Waals surface area contributed by atoms with E-state index in [2.05, 4.69) is 6.92 Å². The highest BCUT2D eigenvalue weighted by atomic mass is 17.0. The van der Waals surface area contributed by atoms with E-state index in [9.17, 15) is 10.1 Å². The fraction of sp³-hybridized carbons (Fsp3) is 1.00. The molecule has 0 aliphatic heterocycles. The van der Waals surface area contributed by atoms with Crippen molar-refractivity contribution in [2.24, 2.45) is 27.9 Å². The maximum Gasteiger partial charge on any atom is 0.294 e. The first-order valence-corrected chi connectivity index (χ1v) is 8.38. The summed E-state index contributed by atoms with van der Waals surface area (Å²) >= 11 is 0. The molecule has 4 fully saturated rings. The second-order valence-electron chi connectivity index (χ2n) is 8.23. The summed E-state index contributed by atoms with van der Waals surface area (Å²) in [5, 5.41) is 10.2. The van der Waals surface area contributed by atoms with Crippen LogP contribution >= 0.6 is 0 Å². The minimum Gasteiger partial charge on any atom is -0.330 e. The fourth-order valence-electron chi connectivity index (χ4n) is 6.60. The van der Waals surface area contributed by atoms with Crippen LogP contribution in [0.1, 0.15) is 65.2 Å². The Kier molecular flexibility index (Phi) is 3.47. The molecule has 5 nitrogen and oxygen atoms in total. The molecular weight excluding hydrogens is 268 g/mol. The maximum absolute atomic E-state index is 10.8.